The van der Waals surface area contributed by atoms with Crippen LogP contribution < -0.4 is 0 Å². The quantitative estimate of drug-likeness (QED) is 0.881. The molecule has 1 aromatic carbocycles. The Balaban J connectivity index is 2.44. The summed E-state index contributed by atoms with van der Waals surface area (Å²) >= 11 is 0. The van der Waals surface area contributed by atoms with Crippen LogP contribution in [0.2, 0.25) is 0 Å². The minimum atomic E-state index is -0.968. The van der Waals surface area contributed by atoms with Gasteiger partial charge in [0.05, 0.1) is 6.42 Å². The van der Waals surface area contributed by atoms with Crippen molar-refractivity contribution in [3.05, 3.63) is 34.9 Å². The fraction of sp³-hybridized carbons (Fsp3) is 0.462. The maximum Gasteiger partial charge on any atom is 0.304 e. The van der Waals surface area contributed by atoms with Crippen molar-refractivity contribution < 1.29 is 18.7 Å². The van der Waals surface area contributed by atoms with Crippen LogP contribution in [0.1, 0.15) is 36.8 Å². The minimum absolute atomic E-state index is 0.133. The Labute approximate surface area is 98.3 Å². The van der Waals surface area contributed by atoms with Crippen molar-refractivity contribution in [1.82, 2.24) is 0 Å². The van der Waals surface area contributed by atoms with Crippen LogP contribution in [-0.4, -0.2) is 11.1 Å². The van der Waals surface area contributed by atoms with Crippen LogP contribution in [0.25, 0.3) is 0 Å². The lowest BCUT2D eigenvalue weighted by Crippen LogP contribution is -2.37. The van der Waals surface area contributed by atoms with Gasteiger partial charge in [-0.05, 0) is 43.0 Å². The molecule has 1 fully saturated rings. The molecule has 0 amide bonds. The highest BCUT2D eigenvalue weighted by Crippen LogP contribution is 2.47. The van der Waals surface area contributed by atoms with E-state index < -0.39 is 23.0 Å². The van der Waals surface area contributed by atoms with E-state index in [4.69, 9.17) is 5.11 Å². The first kappa shape index (κ1) is 12.0. The molecule has 2 nitrogen and oxygen atoms in total. The summed E-state index contributed by atoms with van der Waals surface area (Å²) in [5.74, 6) is -1.94. The van der Waals surface area contributed by atoms with E-state index in [1.807, 2.05) is 0 Å². The third-order valence-electron chi connectivity index (χ3n) is 3.62. The largest absolute Gasteiger partial charge is 0.481 e. The topological polar surface area (TPSA) is 37.3 Å². The van der Waals surface area contributed by atoms with Gasteiger partial charge in [0.1, 0.15) is 11.6 Å². The van der Waals surface area contributed by atoms with Crippen molar-refractivity contribution in [3.63, 3.8) is 0 Å². The second-order valence-electron chi connectivity index (χ2n) is 4.79. The second kappa shape index (κ2) is 4.09. The second-order valence-corrected chi connectivity index (χ2v) is 4.79. The molecule has 1 aliphatic rings. The van der Waals surface area contributed by atoms with Gasteiger partial charge in [0.2, 0.25) is 0 Å². The molecule has 0 saturated heterocycles. The van der Waals surface area contributed by atoms with E-state index >= 15 is 0 Å². The van der Waals surface area contributed by atoms with Crippen LogP contribution in [0.15, 0.2) is 12.1 Å². The predicted octanol–water partition coefficient (Wildman–Crippen LogP) is 3.17. The molecule has 0 aromatic heterocycles. The van der Waals surface area contributed by atoms with E-state index in [0.29, 0.717) is 12.8 Å². The SMILES string of the molecule is Cc1cc(F)c(C2(CC(=O)O)CCC2)cc1F. The summed E-state index contributed by atoms with van der Waals surface area (Å²) < 4.78 is 27.3. The third-order valence-corrected chi connectivity index (χ3v) is 3.62. The van der Waals surface area contributed by atoms with E-state index in [-0.39, 0.29) is 17.5 Å². The number of hydrogen-bond donors (Lipinski definition) is 1. The number of aryl methyl sites for hydroxylation is 1. The van der Waals surface area contributed by atoms with Crippen LogP contribution in [0.5, 0.6) is 0 Å². The first-order valence-electron chi connectivity index (χ1n) is 5.62. The number of aliphatic carboxylic acids is 1. The number of carbonyl (C=O) groups is 1. The first-order chi connectivity index (χ1) is 7.94. The van der Waals surface area contributed by atoms with Gasteiger partial charge < -0.3 is 5.11 Å². The predicted molar refractivity (Wildman–Crippen MR) is 58.9 cm³/mol. The summed E-state index contributed by atoms with van der Waals surface area (Å²) in [5, 5.41) is 8.87. The number of rotatable bonds is 3. The zero-order chi connectivity index (χ0) is 12.6. The van der Waals surface area contributed by atoms with E-state index in [0.717, 1.165) is 18.6 Å². The Morgan fingerprint density at radius 1 is 1.35 bits per heavy atom. The number of benzene rings is 1. The monoisotopic (exact) mass is 240 g/mol. The number of carboxylic acids is 1. The van der Waals surface area contributed by atoms with Gasteiger partial charge in [-0.25, -0.2) is 8.78 Å². The zero-order valence-corrected chi connectivity index (χ0v) is 9.59. The molecule has 0 aliphatic heterocycles. The summed E-state index contributed by atoms with van der Waals surface area (Å²) in [7, 11) is 0. The van der Waals surface area contributed by atoms with Crippen molar-refractivity contribution in [1.29, 1.82) is 0 Å². The van der Waals surface area contributed by atoms with Crippen molar-refractivity contribution in [2.45, 2.75) is 38.0 Å². The maximum atomic E-state index is 13.8. The highest BCUT2D eigenvalue weighted by molar-refractivity contribution is 5.69. The third kappa shape index (κ3) is 2.04. The smallest absolute Gasteiger partial charge is 0.304 e. The van der Waals surface area contributed by atoms with Crippen LogP contribution in [-0.2, 0) is 10.2 Å². The van der Waals surface area contributed by atoms with Crippen molar-refractivity contribution in [2.24, 2.45) is 0 Å². The van der Waals surface area contributed by atoms with E-state index in [9.17, 15) is 13.6 Å². The lowest BCUT2D eigenvalue weighted by molar-refractivity contribution is -0.139. The Morgan fingerprint density at radius 2 is 2.00 bits per heavy atom. The minimum Gasteiger partial charge on any atom is -0.481 e. The maximum absolute atomic E-state index is 13.8. The fourth-order valence-electron chi connectivity index (χ4n) is 2.49. The molecule has 0 spiro atoms. The van der Waals surface area contributed by atoms with Gasteiger partial charge in [-0.15, -0.1) is 0 Å². The highest BCUT2D eigenvalue weighted by atomic mass is 19.1. The molecule has 1 saturated carbocycles. The number of carboxylic acid groups (broad SMARTS) is 1. The molecule has 0 unspecified atom stereocenters. The summed E-state index contributed by atoms with van der Waals surface area (Å²) in [4.78, 5) is 10.8. The molecular formula is C13H14F2O2. The summed E-state index contributed by atoms with van der Waals surface area (Å²) in [6.07, 6.45) is 1.95. The lowest BCUT2D eigenvalue weighted by atomic mass is 9.62. The fourth-order valence-corrected chi connectivity index (χ4v) is 2.49. The molecule has 2 rings (SSSR count). The van der Waals surface area contributed by atoms with Crippen LogP contribution >= 0.6 is 0 Å². The molecule has 17 heavy (non-hydrogen) atoms. The normalized spacial score (nSPS) is 17.6. The number of halogens is 2. The standard InChI is InChI=1S/C13H14F2O2/c1-8-5-11(15)9(6-10(8)14)13(3-2-4-13)7-12(16)17/h5-6H,2-4,7H2,1H3,(H,16,17). The summed E-state index contributed by atoms with van der Waals surface area (Å²) in [6.45, 7) is 1.49. The average molecular weight is 240 g/mol. The molecule has 0 radical (unpaired) electrons. The lowest BCUT2D eigenvalue weighted by Gasteiger charge is -2.41. The van der Waals surface area contributed by atoms with Crippen molar-refractivity contribution in [3.8, 4) is 0 Å². The molecular weight excluding hydrogens is 226 g/mol. The molecule has 92 valence electrons. The molecule has 0 heterocycles. The molecule has 1 aliphatic carbocycles. The summed E-state index contributed by atoms with van der Waals surface area (Å²) in [6, 6.07) is 2.30. The van der Waals surface area contributed by atoms with Gasteiger partial charge in [0.15, 0.2) is 0 Å². The van der Waals surface area contributed by atoms with Gasteiger partial charge in [-0.2, -0.15) is 0 Å². The zero-order valence-electron chi connectivity index (χ0n) is 9.59. The van der Waals surface area contributed by atoms with Gasteiger partial charge in [0.25, 0.3) is 0 Å². The molecule has 4 heteroatoms. The van der Waals surface area contributed by atoms with E-state index in [1.165, 1.54) is 6.92 Å². The van der Waals surface area contributed by atoms with Gasteiger partial charge in [-0.1, -0.05) is 6.42 Å². The molecule has 0 bridgehead atoms. The average Bonchev–Trinajstić information content (AvgIpc) is 2.17. The Morgan fingerprint density at radius 3 is 2.47 bits per heavy atom. The number of hydrogen-bond acceptors (Lipinski definition) is 1. The highest BCUT2D eigenvalue weighted by Gasteiger charge is 2.42. The van der Waals surface area contributed by atoms with Crippen molar-refractivity contribution >= 4 is 5.97 Å². The van der Waals surface area contributed by atoms with Gasteiger partial charge in [-0.3, -0.25) is 4.79 Å². The molecule has 0 atom stereocenters. The first-order valence-corrected chi connectivity index (χ1v) is 5.62. The van der Waals surface area contributed by atoms with Crippen molar-refractivity contribution in [2.75, 3.05) is 0 Å². The summed E-state index contributed by atoms with van der Waals surface area (Å²) in [5.41, 5.74) is -0.241. The molecule has 1 N–H and O–H groups in total. The van der Waals surface area contributed by atoms with E-state index in [2.05, 4.69) is 0 Å². The Bertz CT molecular complexity index is 465. The van der Waals surface area contributed by atoms with Crippen LogP contribution in [0.3, 0.4) is 0 Å². The Hall–Kier alpha value is -1.45. The molecule has 1 aromatic rings. The van der Waals surface area contributed by atoms with Crippen LogP contribution in [0, 0.1) is 18.6 Å². The van der Waals surface area contributed by atoms with Gasteiger partial charge >= 0.3 is 5.97 Å². The van der Waals surface area contributed by atoms with Crippen LogP contribution in [0.4, 0.5) is 8.78 Å². The van der Waals surface area contributed by atoms with Gasteiger partial charge in [0, 0.05) is 5.41 Å². The Kier molecular flexibility index (Phi) is 2.89. The van der Waals surface area contributed by atoms with E-state index in [1.54, 1.807) is 0 Å².